The molecule has 2 aliphatic rings. The highest BCUT2D eigenvalue weighted by Gasteiger charge is 2.25. The number of nitro benzene ring substituents is 2. The van der Waals surface area contributed by atoms with Crippen LogP contribution in [-0.4, -0.2) is 55.0 Å². The minimum Gasteiger partial charge on any atom is -0.371 e. The molecule has 0 bridgehead atoms. The molecule has 2 saturated heterocycles. The van der Waals surface area contributed by atoms with Crippen molar-refractivity contribution in [3.63, 3.8) is 0 Å². The van der Waals surface area contributed by atoms with Crippen LogP contribution in [0.3, 0.4) is 0 Å². The molecule has 0 saturated carbocycles. The van der Waals surface area contributed by atoms with Crippen LogP contribution >= 0.6 is 0 Å². The van der Waals surface area contributed by atoms with Gasteiger partial charge in [0, 0.05) is 63.2 Å². The predicted molar refractivity (Wildman–Crippen MR) is 121 cm³/mol. The van der Waals surface area contributed by atoms with Crippen molar-refractivity contribution in [3.05, 3.63) is 62.2 Å². The molecule has 11 nitrogen and oxygen atoms in total. The second-order valence-electron chi connectivity index (χ2n) is 7.80. The number of hydrogen-bond acceptors (Lipinski definition) is 8. The molecule has 4 rings (SSSR count). The SMILES string of the molecule is O=C(Nc1ccc(N2CCNCC2)c([N+](=O)[O-])c1)c1cc([N+](=O)[O-])ccc1N1CCCC1. The Kier molecular flexibility index (Phi) is 6.17. The summed E-state index contributed by atoms with van der Waals surface area (Å²) in [6.45, 7) is 4.31. The van der Waals surface area contributed by atoms with Gasteiger partial charge in [0.2, 0.25) is 0 Å². The number of anilines is 3. The van der Waals surface area contributed by atoms with Crippen molar-refractivity contribution in [1.29, 1.82) is 0 Å². The Morgan fingerprint density at radius 3 is 2.19 bits per heavy atom. The fourth-order valence-electron chi connectivity index (χ4n) is 4.17. The van der Waals surface area contributed by atoms with Crippen LogP contribution in [0.1, 0.15) is 23.2 Å². The molecule has 2 aliphatic heterocycles. The molecule has 0 aromatic heterocycles. The smallest absolute Gasteiger partial charge is 0.294 e. The van der Waals surface area contributed by atoms with Crippen molar-refractivity contribution < 1.29 is 14.6 Å². The zero-order chi connectivity index (χ0) is 22.7. The normalized spacial score (nSPS) is 16.1. The quantitative estimate of drug-likeness (QED) is 0.517. The second-order valence-corrected chi connectivity index (χ2v) is 7.80. The van der Waals surface area contributed by atoms with Gasteiger partial charge in [-0.3, -0.25) is 25.0 Å². The Morgan fingerprint density at radius 1 is 0.875 bits per heavy atom. The molecule has 32 heavy (non-hydrogen) atoms. The van der Waals surface area contributed by atoms with Gasteiger partial charge in [0.25, 0.3) is 17.3 Å². The Labute approximate surface area is 184 Å². The molecule has 0 unspecified atom stereocenters. The molecule has 2 aromatic rings. The molecule has 0 radical (unpaired) electrons. The number of hydrogen-bond donors (Lipinski definition) is 2. The van der Waals surface area contributed by atoms with Crippen LogP contribution in [0.2, 0.25) is 0 Å². The van der Waals surface area contributed by atoms with Gasteiger partial charge in [0.1, 0.15) is 5.69 Å². The largest absolute Gasteiger partial charge is 0.371 e. The maximum Gasteiger partial charge on any atom is 0.294 e. The fraction of sp³-hybridized carbons (Fsp3) is 0.381. The van der Waals surface area contributed by atoms with E-state index in [4.69, 9.17) is 0 Å². The minimum atomic E-state index is -0.544. The van der Waals surface area contributed by atoms with E-state index < -0.39 is 15.8 Å². The van der Waals surface area contributed by atoms with Gasteiger partial charge in [0.05, 0.1) is 21.1 Å². The van der Waals surface area contributed by atoms with E-state index in [-0.39, 0.29) is 22.6 Å². The van der Waals surface area contributed by atoms with Crippen LogP contribution in [0.15, 0.2) is 36.4 Å². The first-order valence-corrected chi connectivity index (χ1v) is 10.5. The molecule has 11 heteroatoms. The average Bonchev–Trinajstić information content (AvgIpc) is 3.34. The van der Waals surface area contributed by atoms with Gasteiger partial charge in [-0.2, -0.15) is 0 Å². The second kappa shape index (κ2) is 9.18. The summed E-state index contributed by atoms with van der Waals surface area (Å²) in [5.74, 6) is -0.542. The van der Waals surface area contributed by atoms with Crippen LogP contribution in [-0.2, 0) is 0 Å². The number of rotatable bonds is 6. The van der Waals surface area contributed by atoms with Gasteiger partial charge >= 0.3 is 0 Å². The maximum absolute atomic E-state index is 13.1. The van der Waals surface area contributed by atoms with Crippen molar-refractivity contribution >= 4 is 34.3 Å². The highest BCUT2D eigenvalue weighted by molar-refractivity contribution is 6.09. The van der Waals surface area contributed by atoms with E-state index in [0.29, 0.717) is 24.5 Å². The lowest BCUT2D eigenvalue weighted by atomic mass is 10.1. The lowest BCUT2D eigenvalue weighted by Crippen LogP contribution is -2.43. The molecule has 0 spiro atoms. The molecule has 1 amide bonds. The van der Waals surface area contributed by atoms with E-state index in [2.05, 4.69) is 10.6 Å². The topological polar surface area (TPSA) is 134 Å². The molecule has 2 aromatic carbocycles. The van der Waals surface area contributed by atoms with E-state index >= 15 is 0 Å². The van der Waals surface area contributed by atoms with Gasteiger partial charge < -0.3 is 20.4 Å². The summed E-state index contributed by atoms with van der Waals surface area (Å²) in [5.41, 5.74) is 1.29. The summed E-state index contributed by atoms with van der Waals surface area (Å²) < 4.78 is 0. The summed E-state index contributed by atoms with van der Waals surface area (Å²) >= 11 is 0. The first kappa shape index (κ1) is 21.5. The summed E-state index contributed by atoms with van der Waals surface area (Å²) in [5, 5.41) is 28.8. The molecule has 2 heterocycles. The van der Waals surface area contributed by atoms with Crippen molar-refractivity contribution in [2.45, 2.75) is 12.8 Å². The maximum atomic E-state index is 13.1. The first-order chi connectivity index (χ1) is 15.4. The van der Waals surface area contributed by atoms with Gasteiger partial charge in [0.15, 0.2) is 0 Å². The fourth-order valence-corrected chi connectivity index (χ4v) is 4.17. The third-order valence-corrected chi connectivity index (χ3v) is 5.77. The standard InChI is InChI=1S/C21H24N6O5/c28-21(17-14-16(26(29)30)4-6-18(17)24-9-1-2-10-24)23-15-3-5-19(20(13-15)27(31)32)25-11-7-22-8-12-25/h3-6,13-14,22H,1-2,7-12H2,(H,23,28). The Balaban J connectivity index is 1.63. The zero-order valence-corrected chi connectivity index (χ0v) is 17.5. The van der Waals surface area contributed by atoms with Crippen LogP contribution in [0.5, 0.6) is 0 Å². The molecule has 2 N–H and O–H groups in total. The minimum absolute atomic E-state index is 0.0940. The molecule has 2 fully saturated rings. The van der Waals surface area contributed by atoms with Gasteiger partial charge in [-0.1, -0.05) is 0 Å². The Hall–Kier alpha value is -3.73. The molecule has 0 aliphatic carbocycles. The summed E-state index contributed by atoms with van der Waals surface area (Å²) in [6.07, 6.45) is 1.97. The first-order valence-electron chi connectivity index (χ1n) is 10.5. The Bertz CT molecular complexity index is 1050. The molecule has 168 valence electrons. The van der Waals surface area contributed by atoms with E-state index in [1.165, 1.54) is 18.2 Å². The number of amides is 1. The third kappa shape index (κ3) is 4.47. The number of nitrogens with zero attached hydrogens (tertiary/aromatic N) is 4. The number of benzene rings is 2. The molecular formula is C21H24N6O5. The van der Waals surface area contributed by atoms with E-state index in [1.807, 2.05) is 9.80 Å². The molecular weight excluding hydrogens is 416 g/mol. The summed E-state index contributed by atoms with van der Waals surface area (Å²) in [4.78, 5) is 39.0. The van der Waals surface area contributed by atoms with E-state index in [9.17, 15) is 25.0 Å². The lowest BCUT2D eigenvalue weighted by Gasteiger charge is -2.29. The van der Waals surface area contributed by atoms with Gasteiger partial charge in [-0.15, -0.1) is 0 Å². The Morgan fingerprint density at radius 2 is 1.53 bits per heavy atom. The number of carbonyl (C=O) groups excluding carboxylic acids is 1. The van der Waals surface area contributed by atoms with Crippen LogP contribution in [0.25, 0.3) is 0 Å². The summed E-state index contributed by atoms with van der Waals surface area (Å²) in [7, 11) is 0. The van der Waals surface area contributed by atoms with Crippen LogP contribution in [0.4, 0.5) is 28.4 Å². The van der Waals surface area contributed by atoms with Gasteiger partial charge in [-0.05, 0) is 31.0 Å². The molecule has 0 atom stereocenters. The van der Waals surface area contributed by atoms with E-state index in [0.717, 1.165) is 39.0 Å². The van der Waals surface area contributed by atoms with Crippen molar-refractivity contribution in [2.24, 2.45) is 0 Å². The average molecular weight is 440 g/mol. The van der Waals surface area contributed by atoms with Gasteiger partial charge in [-0.25, -0.2) is 0 Å². The number of nitro groups is 2. The number of non-ortho nitro benzene ring substituents is 1. The lowest BCUT2D eigenvalue weighted by molar-refractivity contribution is -0.384. The number of piperazine rings is 1. The van der Waals surface area contributed by atoms with E-state index in [1.54, 1.807) is 18.2 Å². The van der Waals surface area contributed by atoms with Crippen LogP contribution < -0.4 is 20.4 Å². The van der Waals surface area contributed by atoms with Crippen LogP contribution in [0, 0.1) is 20.2 Å². The highest BCUT2D eigenvalue weighted by atomic mass is 16.6. The monoisotopic (exact) mass is 440 g/mol. The predicted octanol–water partition coefficient (Wildman–Crippen LogP) is 2.77. The number of carbonyl (C=O) groups is 1. The third-order valence-electron chi connectivity index (χ3n) is 5.77. The number of nitrogens with one attached hydrogen (secondary N) is 2. The summed E-state index contributed by atoms with van der Waals surface area (Å²) in [6, 6.07) is 8.82. The van der Waals surface area contributed by atoms with Crippen molar-refractivity contribution in [3.8, 4) is 0 Å². The highest BCUT2D eigenvalue weighted by Crippen LogP contribution is 2.33. The van der Waals surface area contributed by atoms with Crippen molar-refractivity contribution in [2.75, 3.05) is 54.4 Å². The zero-order valence-electron chi connectivity index (χ0n) is 17.5. The van der Waals surface area contributed by atoms with Crippen molar-refractivity contribution in [1.82, 2.24) is 5.32 Å².